The fourth-order valence-electron chi connectivity index (χ4n) is 1.56. The van der Waals surface area contributed by atoms with Gasteiger partial charge in [-0.2, -0.15) is 0 Å². The topological polar surface area (TPSA) is 0 Å². The second-order valence-electron chi connectivity index (χ2n) is 4.47. The van der Waals surface area contributed by atoms with Gasteiger partial charge in [-0.05, 0) is 0 Å². The zero-order valence-corrected chi connectivity index (χ0v) is 13.3. The van der Waals surface area contributed by atoms with E-state index in [2.05, 4.69) is 74.5 Å². The third-order valence-corrected chi connectivity index (χ3v) is 7.73. The number of benzene rings is 2. The van der Waals surface area contributed by atoms with Crippen molar-refractivity contribution in [1.29, 1.82) is 0 Å². The minimum atomic E-state index is 0.524. The summed E-state index contributed by atoms with van der Waals surface area (Å²) >= 11 is 2.54. The van der Waals surface area contributed by atoms with Gasteiger partial charge < -0.3 is 0 Å². The van der Waals surface area contributed by atoms with Gasteiger partial charge in [0.1, 0.15) is 0 Å². The molecule has 2 heteroatoms. The minimum absolute atomic E-state index is 0.524. The molecular weight excluding hydrogens is 303 g/mol. The molecule has 0 amide bonds. The average molecular weight is 321 g/mol. The Morgan fingerprint density at radius 3 is 1.94 bits per heavy atom. The van der Waals surface area contributed by atoms with E-state index in [9.17, 15) is 0 Å². The molecule has 0 radical (unpaired) electrons. The van der Waals surface area contributed by atoms with Gasteiger partial charge in [-0.25, -0.2) is 0 Å². The molecule has 2 aromatic rings. The first kappa shape index (κ1) is 13.7. The molecule has 0 aliphatic heterocycles. The summed E-state index contributed by atoms with van der Waals surface area (Å²) in [4.78, 5) is 1.38. The molecule has 0 spiro atoms. The molecule has 0 fully saturated rings. The normalized spacial score (nSPS) is 12.6. The maximum absolute atomic E-state index is 2.32. The summed E-state index contributed by atoms with van der Waals surface area (Å²) in [6, 6.07) is 21.6. The Labute approximate surface area is 120 Å². The van der Waals surface area contributed by atoms with Crippen LogP contribution in [0, 0.1) is 5.92 Å². The fraction of sp³-hybridized carbons (Fsp3) is 0.250. The van der Waals surface area contributed by atoms with Crippen LogP contribution in [0.1, 0.15) is 13.8 Å². The zero-order valence-electron chi connectivity index (χ0n) is 10.7. The molecule has 18 heavy (non-hydrogen) atoms. The molecule has 0 heterocycles. The Kier molecular flexibility index (Phi) is 5.37. The predicted molar refractivity (Wildman–Crippen MR) is 82.8 cm³/mol. The van der Waals surface area contributed by atoms with Crippen LogP contribution in [0.15, 0.2) is 65.6 Å². The van der Waals surface area contributed by atoms with Crippen LogP contribution in [0.25, 0.3) is 0 Å². The summed E-state index contributed by atoms with van der Waals surface area (Å²) in [6.45, 7) is 4.65. The van der Waals surface area contributed by atoms with Crippen molar-refractivity contribution in [2.75, 3.05) is 0 Å². The molecule has 2 aromatic carbocycles. The van der Waals surface area contributed by atoms with Crippen molar-refractivity contribution in [3.05, 3.63) is 60.7 Å². The third kappa shape index (κ3) is 4.20. The van der Waals surface area contributed by atoms with Crippen molar-refractivity contribution < 1.29 is 0 Å². The quantitative estimate of drug-likeness (QED) is 0.596. The van der Waals surface area contributed by atoms with Crippen molar-refractivity contribution in [2.24, 2.45) is 5.92 Å². The molecule has 2 rings (SSSR count). The van der Waals surface area contributed by atoms with Gasteiger partial charge in [0.2, 0.25) is 0 Å². The number of hydrogen-bond acceptors (Lipinski definition) is 1. The van der Waals surface area contributed by atoms with Crippen LogP contribution in [-0.4, -0.2) is 19.1 Å². The number of rotatable bonds is 5. The predicted octanol–water partition coefficient (Wildman–Crippen LogP) is 3.79. The van der Waals surface area contributed by atoms with E-state index >= 15 is 0 Å². The second-order valence-corrected chi connectivity index (χ2v) is 8.91. The van der Waals surface area contributed by atoms with Gasteiger partial charge in [0.15, 0.2) is 0 Å². The van der Waals surface area contributed by atoms with Gasteiger partial charge in [-0.1, -0.05) is 0 Å². The first-order valence-electron chi connectivity index (χ1n) is 6.19. The van der Waals surface area contributed by atoms with Crippen LogP contribution >= 0.6 is 11.8 Å². The number of thioether (sulfide) groups is 1. The van der Waals surface area contributed by atoms with Gasteiger partial charge in [-0.3, -0.25) is 0 Å². The summed E-state index contributed by atoms with van der Waals surface area (Å²) in [5.74, 6) is 0.704. The Balaban J connectivity index is 2.05. The number of hydrogen-bond donors (Lipinski definition) is 0. The molecule has 0 N–H and O–H groups in total. The van der Waals surface area contributed by atoms with Crippen LogP contribution < -0.4 is 4.46 Å². The van der Waals surface area contributed by atoms with Crippen LogP contribution in [0.5, 0.6) is 0 Å². The van der Waals surface area contributed by atoms with E-state index in [1.807, 2.05) is 11.8 Å². The molecule has 94 valence electrons. The molecule has 0 nitrogen and oxygen atoms in total. The SMILES string of the molecule is CC(C)C(Sc1ccccc1)[Se]c1ccccc1. The van der Waals surface area contributed by atoms with Crippen molar-refractivity contribution >= 4 is 31.2 Å². The van der Waals surface area contributed by atoms with Crippen LogP contribution in [0.4, 0.5) is 0 Å². The molecule has 1 unspecified atom stereocenters. The molecule has 1 atom stereocenters. The first-order chi connectivity index (χ1) is 8.75. The van der Waals surface area contributed by atoms with Crippen LogP contribution in [0.2, 0.25) is 0 Å². The van der Waals surface area contributed by atoms with E-state index in [0.29, 0.717) is 25.0 Å². The van der Waals surface area contributed by atoms with E-state index in [1.54, 1.807) is 0 Å². The molecule has 0 saturated carbocycles. The van der Waals surface area contributed by atoms with Gasteiger partial charge >= 0.3 is 121 Å². The van der Waals surface area contributed by atoms with Crippen molar-refractivity contribution in [3.63, 3.8) is 0 Å². The van der Waals surface area contributed by atoms with E-state index in [4.69, 9.17) is 0 Å². The Hall–Kier alpha value is -0.691. The average Bonchev–Trinajstić information content (AvgIpc) is 2.40. The van der Waals surface area contributed by atoms with E-state index in [0.717, 1.165) is 0 Å². The Morgan fingerprint density at radius 2 is 1.39 bits per heavy atom. The van der Waals surface area contributed by atoms with Gasteiger partial charge in [-0.15, -0.1) is 0 Å². The molecule has 0 aliphatic carbocycles. The standard InChI is InChI=1S/C16H18SSe/c1-13(2)16(17-14-9-5-3-6-10-14)18-15-11-7-4-8-12-15/h3-13,16H,1-2H3. The second kappa shape index (κ2) is 7.04. The summed E-state index contributed by atoms with van der Waals surface area (Å²) < 4.78 is 2.19. The first-order valence-corrected chi connectivity index (χ1v) is 8.91. The van der Waals surface area contributed by atoms with Crippen LogP contribution in [0.3, 0.4) is 0 Å². The van der Waals surface area contributed by atoms with Crippen molar-refractivity contribution in [1.82, 2.24) is 0 Å². The summed E-state index contributed by atoms with van der Waals surface area (Å²) in [7, 11) is 0. The van der Waals surface area contributed by atoms with Gasteiger partial charge in [0.05, 0.1) is 0 Å². The van der Waals surface area contributed by atoms with E-state index in [1.165, 1.54) is 9.36 Å². The zero-order chi connectivity index (χ0) is 12.8. The van der Waals surface area contributed by atoms with E-state index in [-0.39, 0.29) is 0 Å². The third-order valence-electron chi connectivity index (χ3n) is 2.54. The molecular formula is C16H18SSe. The van der Waals surface area contributed by atoms with Crippen molar-refractivity contribution in [2.45, 2.75) is 22.9 Å². The van der Waals surface area contributed by atoms with Crippen LogP contribution in [-0.2, 0) is 0 Å². The van der Waals surface area contributed by atoms with Gasteiger partial charge in [0.25, 0.3) is 0 Å². The fourth-order valence-corrected chi connectivity index (χ4v) is 5.84. The summed E-state index contributed by atoms with van der Waals surface area (Å²) in [5, 5.41) is 0. The maximum atomic E-state index is 2.32. The summed E-state index contributed by atoms with van der Waals surface area (Å²) in [6.07, 6.45) is 0. The Bertz CT molecular complexity index is 412. The Morgan fingerprint density at radius 1 is 0.833 bits per heavy atom. The van der Waals surface area contributed by atoms with Gasteiger partial charge in [0, 0.05) is 0 Å². The molecule has 0 aromatic heterocycles. The van der Waals surface area contributed by atoms with E-state index < -0.39 is 0 Å². The molecule has 0 aliphatic rings. The monoisotopic (exact) mass is 322 g/mol. The summed E-state index contributed by atoms with van der Waals surface area (Å²) in [5.41, 5.74) is 0. The molecule has 0 bridgehead atoms. The van der Waals surface area contributed by atoms with Crippen molar-refractivity contribution in [3.8, 4) is 0 Å². The molecule has 0 saturated heterocycles.